The monoisotopic (exact) mass is 340 g/mol. The smallest absolute Gasteiger partial charge is 0.240 e. The standard InChI is InChI=1S/C17H20N6O2/c1-12-7-16(25-22-12)21-15(24)11-23-6-4-13(10-23)9-20-17-14(8-18)3-2-5-19-17/h2-3,5,7,13H,4,6,9-11H2,1H3,(H,19,20)(H,21,24)/t13-/m0/s1. The lowest BCUT2D eigenvalue weighted by Crippen LogP contribution is -2.32. The highest BCUT2D eigenvalue weighted by molar-refractivity contribution is 5.90. The zero-order valence-electron chi connectivity index (χ0n) is 14.0. The van der Waals surface area contributed by atoms with E-state index in [0.717, 1.165) is 31.7 Å². The van der Waals surface area contributed by atoms with E-state index >= 15 is 0 Å². The van der Waals surface area contributed by atoms with E-state index in [4.69, 9.17) is 9.78 Å². The summed E-state index contributed by atoms with van der Waals surface area (Å²) in [5.74, 6) is 1.29. The first-order chi connectivity index (χ1) is 12.1. The van der Waals surface area contributed by atoms with Crippen LogP contribution in [0.3, 0.4) is 0 Å². The number of likely N-dealkylation sites (tertiary alicyclic amines) is 1. The molecule has 0 spiro atoms. The van der Waals surface area contributed by atoms with Gasteiger partial charge in [-0.25, -0.2) is 4.98 Å². The molecule has 0 aromatic carbocycles. The van der Waals surface area contributed by atoms with Crippen LogP contribution in [0, 0.1) is 24.2 Å². The molecule has 1 atom stereocenters. The predicted octanol–water partition coefficient (Wildman–Crippen LogP) is 1.62. The number of pyridine rings is 1. The highest BCUT2D eigenvalue weighted by Gasteiger charge is 2.24. The molecule has 8 nitrogen and oxygen atoms in total. The molecule has 130 valence electrons. The second kappa shape index (κ2) is 7.77. The molecule has 1 amide bonds. The van der Waals surface area contributed by atoms with Crippen molar-refractivity contribution in [2.24, 2.45) is 5.92 Å². The van der Waals surface area contributed by atoms with Crippen LogP contribution in [-0.2, 0) is 4.79 Å². The number of carbonyl (C=O) groups excluding carboxylic acids is 1. The van der Waals surface area contributed by atoms with Gasteiger partial charge in [-0.05, 0) is 37.9 Å². The molecular formula is C17H20N6O2. The van der Waals surface area contributed by atoms with Crippen LogP contribution in [0.15, 0.2) is 28.9 Å². The van der Waals surface area contributed by atoms with Gasteiger partial charge in [0.15, 0.2) is 0 Å². The summed E-state index contributed by atoms with van der Waals surface area (Å²) < 4.78 is 4.99. The minimum atomic E-state index is -0.110. The topological polar surface area (TPSA) is 107 Å². The molecule has 2 N–H and O–H groups in total. The normalized spacial score (nSPS) is 17.2. The largest absolute Gasteiger partial charge is 0.369 e. The highest BCUT2D eigenvalue weighted by atomic mass is 16.5. The Morgan fingerprint density at radius 3 is 3.20 bits per heavy atom. The molecule has 0 saturated carbocycles. The molecule has 25 heavy (non-hydrogen) atoms. The van der Waals surface area contributed by atoms with Crippen molar-refractivity contribution in [3.8, 4) is 6.07 Å². The number of amides is 1. The van der Waals surface area contributed by atoms with Crippen LogP contribution < -0.4 is 10.6 Å². The maximum absolute atomic E-state index is 12.0. The second-order valence-corrected chi connectivity index (χ2v) is 6.16. The fourth-order valence-corrected chi connectivity index (χ4v) is 2.90. The third-order valence-electron chi connectivity index (χ3n) is 4.11. The average molecular weight is 340 g/mol. The Morgan fingerprint density at radius 1 is 1.56 bits per heavy atom. The zero-order valence-corrected chi connectivity index (χ0v) is 14.0. The van der Waals surface area contributed by atoms with Gasteiger partial charge in [0.25, 0.3) is 0 Å². The molecule has 0 aliphatic carbocycles. The van der Waals surface area contributed by atoms with Crippen LogP contribution in [0.2, 0.25) is 0 Å². The van der Waals surface area contributed by atoms with Crippen molar-refractivity contribution in [1.29, 1.82) is 5.26 Å². The van der Waals surface area contributed by atoms with E-state index in [1.165, 1.54) is 0 Å². The van der Waals surface area contributed by atoms with Crippen molar-refractivity contribution in [1.82, 2.24) is 15.0 Å². The molecule has 1 aliphatic heterocycles. The minimum absolute atomic E-state index is 0.110. The van der Waals surface area contributed by atoms with E-state index in [0.29, 0.717) is 29.7 Å². The van der Waals surface area contributed by atoms with Crippen molar-refractivity contribution >= 4 is 17.6 Å². The second-order valence-electron chi connectivity index (χ2n) is 6.16. The Labute approximate surface area is 145 Å². The summed E-state index contributed by atoms with van der Waals surface area (Å²) in [4.78, 5) is 18.3. The average Bonchev–Trinajstić information content (AvgIpc) is 3.22. The number of aryl methyl sites for hydroxylation is 1. The fourth-order valence-electron chi connectivity index (χ4n) is 2.90. The molecule has 1 aliphatic rings. The van der Waals surface area contributed by atoms with Gasteiger partial charge in [0.05, 0.1) is 17.8 Å². The van der Waals surface area contributed by atoms with Crippen molar-refractivity contribution in [3.05, 3.63) is 35.7 Å². The number of nitriles is 1. The predicted molar refractivity (Wildman–Crippen MR) is 91.9 cm³/mol. The molecule has 1 saturated heterocycles. The Morgan fingerprint density at radius 2 is 2.44 bits per heavy atom. The minimum Gasteiger partial charge on any atom is -0.369 e. The van der Waals surface area contributed by atoms with Gasteiger partial charge in [-0.1, -0.05) is 5.16 Å². The number of carbonyl (C=O) groups is 1. The maximum Gasteiger partial charge on any atom is 0.240 e. The lowest BCUT2D eigenvalue weighted by atomic mass is 10.1. The van der Waals surface area contributed by atoms with Gasteiger partial charge in [0.1, 0.15) is 11.9 Å². The first kappa shape index (κ1) is 16.9. The van der Waals surface area contributed by atoms with Crippen LogP contribution >= 0.6 is 0 Å². The van der Waals surface area contributed by atoms with Crippen LogP contribution in [0.1, 0.15) is 17.7 Å². The molecule has 2 aromatic heterocycles. The first-order valence-electron chi connectivity index (χ1n) is 8.18. The number of aromatic nitrogens is 2. The Hall–Kier alpha value is -2.92. The number of rotatable bonds is 6. The molecule has 0 unspecified atom stereocenters. The third kappa shape index (κ3) is 4.55. The third-order valence-corrected chi connectivity index (χ3v) is 4.11. The Bertz CT molecular complexity index is 781. The number of nitrogens with one attached hydrogen (secondary N) is 2. The van der Waals surface area contributed by atoms with Gasteiger partial charge >= 0.3 is 0 Å². The van der Waals surface area contributed by atoms with Gasteiger partial charge in [0.2, 0.25) is 11.8 Å². The first-order valence-corrected chi connectivity index (χ1v) is 8.18. The van der Waals surface area contributed by atoms with Gasteiger partial charge < -0.3 is 9.84 Å². The lowest BCUT2D eigenvalue weighted by molar-refractivity contribution is -0.117. The van der Waals surface area contributed by atoms with Gasteiger partial charge in [0, 0.05) is 25.4 Å². The van der Waals surface area contributed by atoms with E-state index in [1.54, 1.807) is 31.3 Å². The van der Waals surface area contributed by atoms with Gasteiger partial charge in [-0.2, -0.15) is 5.26 Å². The number of nitrogens with zero attached hydrogens (tertiary/aromatic N) is 4. The number of hydrogen-bond donors (Lipinski definition) is 2. The van der Waals surface area contributed by atoms with Crippen molar-refractivity contribution in [2.75, 3.05) is 36.8 Å². The van der Waals surface area contributed by atoms with Crippen LogP contribution in [0.5, 0.6) is 0 Å². The van der Waals surface area contributed by atoms with E-state index in [9.17, 15) is 4.79 Å². The summed E-state index contributed by atoms with van der Waals surface area (Å²) in [5.41, 5.74) is 1.27. The SMILES string of the molecule is Cc1cc(NC(=O)CN2CC[C@@H](CNc3ncccc3C#N)C2)on1. The quantitative estimate of drug-likeness (QED) is 0.823. The molecule has 0 radical (unpaired) electrons. The molecule has 8 heteroatoms. The van der Waals surface area contributed by atoms with E-state index in [1.807, 2.05) is 0 Å². The summed E-state index contributed by atoms with van der Waals surface area (Å²) in [5, 5.41) is 18.8. The maximum atomic E-state index is 12.0. The summed E-state index contributed by atoms with van der Waals surface area (Å²) in [6, 6.07) is 7.30. The highest BCUT2D eigenvalue weighted by Crippen LogP contribution is 2.18. The number of hydrogen-bond acceptors (Lipinski definition) is 7. The van der Waals surface area contributed by atoms with Gasteiger partial charge in [-0.3, -0.25) is 15.0 Å². The Kier molecular flexibility index (Phi) is 5.26. The molecule has 2 aromatic rings. The van der Waals surface area contributed by atoms with Crippen molar-refractivity contribution < 1.29 is 9.32 Å². The van der Waals surface area contributed by atoms with Gasteiger partial charge in [-0.15, -0.1) is 0 Å². The molecule has 1 fully saturated rings. The van der Waals surface area contributed by atoms with Crippen LogP contribution in [0.25, 0.3) is 0 Å². The fraction of sp³-hybridized carbons (Fsp3) is 0.412. The lowest BCUT2D eigenvalue weighted by Gasteiger charge is -2.15. The Balaban J connectivity index is 1.44. The summed E-state index contributed by atoms with van der Waals surface area (Å²) in [7, 11) is 0. The zero-order chi connectivity index (χ0) is 17.6. The molecular weight excluding hydrogens is 320 g/mol. The van der Waals surface area contributed by atoms with E-state index in [2.05, 4.69) is 31.7 Å². The van der Waals surface area contributed by atoms with Crippen LogP contribution in [-0.4, -0.2) is 47.1 Å². The summed E-state index contributed by atoms with van der Waals surface area (Å²) in [6.07, 6.45) is 2.66. The van der Waals surface area contributed by atoms with Crippen LogP contribution in [0.4, 0.5) is 11.7 Å². The number of anilines is 2. The van der Waals surface area contributed by atoms with Crippen molar-refractivity contribution in [3.63, 3.8) is 0 Å². The molecule has 3 heterocycles. The summed E-state index contributed by atoms with van der Waals surface area (Å²) in [6.45, 7) is 4.54. The molecule has 3 rings (SSSR count). The van der Waals surface area contributed by atoms with E-state index < -0.39 is 0 Å². The molecule has 0 bridgehead atoms. The van der Waals surface area contributed by atoms with E-state index in [-0.39, 0.29) is 5.91 Å². The summed E-state index contributed by atoms with van der Waals surface area (Å²) >= 11 is 0. The van der Waals surface area contributed by atoms with Crippen molar-refractivity contribution in [2.45, 2.75) is 13.3 Å².